The average molecular weight is 310 g/mol. The number of nitrogens with one attached hydrogen (secondary N) is 2. The average Bonchev–Trinajstić information content (AvgIpc) is 2.60. The minimum Gasteiger partial charge on any atom is -0.494 e. The Labute approximate surface area is 136 Å². The molecule has 4 heteroatoms. The predicted molar refractivity (Wildman–Crippen MR) is 90.2 cm³/mol. The Morgan fingerprint density at radius 3 is 2.87 bits per heavy atom. The second-order valence-electron chi connectivity index (χ2n) is 5.70. The zero-order valence-electron chi connectivity index (χ0n) is 13.3. The van der Waals surface area contributed by atoms with Crippen molar-refractivity contribution in [3.05, 3.63) is 65.2 Å². The largest absolute Gasteiger partial charge is 0.494 e. The van der Waals surface area contributed by atoms with Crippen LogP contribution in [0.1, 0.15) is 23.6 Å². The Balaban J connectivity index is 1.57. The van der Waals surface area contributed by atoms with Crippen molar-refractivity contribution in [3.63, 3.8) is 0 Å². The van der Waals surface area contributed by atoms with Crippen molar-refractivity contribution in [2.24, 2.45) is 0 Å². The summed E-state index contributed by atoms with van der Waals surface area (Å²) in [6, 6.07) is 15.9. The first-order valence-corrected chi connectivity index (χ1v) is 8.06. The molecule has 1 atom stereocenters. The van der Waals surface area contributed by atoms with E-state index in [4.69, 9.17) is 4.74 Å². The van der Waals surface area contributed by atoms with Gasteiger partial charge in [-0.25, -0.2) is 0 Å². The van der Waals surface area contributed by atoms with E-state index < -0.39 is 0 Å². The van der Waals surface area contributed by atoms with Crippen LogP contribution in [0.3, 0.4) is 0 Å². The van der Waals surface area contributed by atoms with E-state index in [1.54, 1.807) is 0 Å². The summed E-state index contributed by atoms with van der Waals surface area (Å²) in [5.74, 6) is 0.880. The molecule has 2 aromatic carbocycles. The number of hydrogen-bond acceptors (Lipinski definition) is 3. The molecule has 0 bridgehead atoms. The lowest BCUT2D eigenvalue weighted by Crippen LogP contribution is -2.47. The fraction of sp³-hybridized carbons (Fsp3) is 0.316. The molecule has 1 aliphatic heterocycles. The topological polar surface area (TPSA) is 50.4 Å². The third kappa shape index (κ3) is 3.90. The molecule has 0 spiro atoms. The van der Waals surface area contributed by atoms with Crippen molar-refractivity contribution >= 4 is 5.91 Å². The van der Waals surface area contributed by atoms with E-state index in [0.717, 1.165) is 24.3 Å². The second kappa shape index (κ2) is 7.29. The quantitative estimate of drug-likeness (QED) is 0.892. The van der Waals surface area contributed by atoms with Gasteiger partial charge in [-0.3, -0.25) is 4.79 Å². The molecule has 0 radical (unpaired) electrons. The molecular weight excluding hydrogens is 288 g/mol. The molecule has 0 aliphatic carbocycles. The molecule has 0 aromatic heterocycles. The van der Waals surface area contributed by atoms with Crippen LogP contribution < -0.4 is 15.4 Å². The number of carbonyl (C=O) groups is 1. The van der Waals surface area contributed by atoms with Gasteiger partial charge in [0.05, 0.1) is 12.6 Å². The lowest BCUT2D eigenvalue weighted by molar-refractivity contribution is -0.123. The van der Waals surface area contributed by atoms with Crippen molar-refractivity contribution < 1.29 is 9.53 Å². The van der Waals surface area contributed by atoms with E-state index in [1.807, 2.05) is 43.3 Å². The van der Waals surface area contributed by atoms with Crippen LogP contribution in [0.25, 0.3) is 0 Å². The molecule has 0 saturated carbocycles. The fourth-order valence-corrected chi connectivity index (χ4v) is 2.86. The second-order valence-corrected chi connectivity index (χ2v) is 5.70. The highest BCUT2D eigenvalue weighted by atomic mass is 16.5. The van der Waals surface area contributed by atoms with Crippen LogP contribution in [-0.2, 0) is 24.3 Å². The van der Waals surface area contributed by atoms with E-state index in [1.165, 1.54) is 11.1 Å². The molecule has 2 aromatic rings. The van der Waals surface area contributed by atoms with Gasteiger partial charge in [-0.05, 0) is 42.2 Å². The molecule has 2 N–H and O–H groups in total. The van der Waals surface area contributed by atoms with Crippen molar-refractivity contribution in [1.29, 1.82) is 0 Å². The minimum atomic E-state index is -0.167. The number of benzene rings is 2. The van der Waals surface area contributed by atoms with Gasteiger partial charge in [-0.2, -0.15) is 0 Å². The lowest BCUT2D eigenvalue weighted by atomic mass is 9.95. The maximum absolute atomic E-state index is 12.4. The minimum absolute atomic E-state index is 0.0429. The standard InChI is InChI=1S/C19H22N2O2/c1-2-23-17-9-5-6-14(10-17)12-21-19(22)18-11-15-7-3-4-8-16(15)13-20-18/h3-10,18,20H,2,11-13H2,1H3,(H,21,22). The van der Waals surface area contributed by atoms with Gasteiger partial charge in [-0.15, -0.1) is 0 Å². The Morgan fingerprint density at radius 1 is 1.22 bits per heavy atom. The van der Waals surface area contributed by atoms with Crippen LogP contribution in [0.4, 0.5) is 0 Å². The zero-order chi connectivity index (χ0) is 16.1. The van der Waals surface area contributed by atoms with Crippen LogP contribution in [0.15, 0.2) is 48.5 Å². The maximum atomic E-state index is 12.4. The monoisotopic (exact) mass is 310 g/mol. The van der Waals surface area contributed by atoms with Crippen LogP contribution in [-0.4, -0.2) is 18.6 Å². The molecule has 3 rings (SSSR count). The van der Waals surface area contributed by atoms with E-state index >= 15 is 0 Å². The highest BCUT2D eigenvalue weighted by Gasteiger charge is 2.23. The van der Waals surface area contributed by atoms with Gasteiger partial charge in [0.1, 0.15) is 5.75 Å². The summed E-state index contributed by atoms with van der Waals surface area (Å²) >= 11 is 0. The van der Waals surface area contributed by atoms with Crippen molar-refractivity contribution in [2.75, 3.05) is 6.61 Å². The van der Waals surface area contributed by atoms with E-state index in [2.05, 4.69) is 22.8 Å². The third-order valence-corrected chi connectivity index (χ3v) is 4.07. The molecule has 1 heterocycles. The summed E-state index contributed by atoms with van der Waals surface area (Å²) in [7, 11) is 0. The summed E-state index contributed by atoms with van der Waals surface area (Å²) in [6.07, 6.45) is 0.737. The number of fused-ring (bicyclic) bond motifs is 1. The number of rotatable bonds is 5. The third-order valence-electron chi connectivity index (χ3n) is 4.07. The molecule has 1 amide bonds. The molecule has 0 fully saturated rings. The van der Waals surface area contributed by atoms with Gasteiger partial charge < -0.3 is 15.4 Å². The van der Waals surface area contributed by atoms with Crippen LogP contribution in [0, 0.1) is 0 Å². The van der Waals surface area contributed by atoms with Gasteiger partial charge in [0, 0.05) is 13.1 Å². The van der Waals surface area contributed by atoms with E-state index in [9.17, 15) is 4.79 Å². The van der Waals surface area contributed by atoms with Gasteiger partial charge in [0.2, 0.25) is 5.91 Å². The van der Waals surface area contributed by atoms with E-state index in [0.29, 0.717) is 13.2 Å². The summed E-state index contributed by atoms with van der Waals surface area (Å²) in [5.41, 5.74) is 3.58. The SMILES string of the molecule is CCOc1cccc(CNC(=O)C2Cc3ccccc3CN2)c1. The predicted octanol–water partition coefficient (Wildman–Crippen LogP) is 2.42. The number of hydrogen-bond donors (Lipinski definition) is 2. The Morgan fingerprint density at radius 2 is 2.04 bits per heavy atom. The molecule has 23 heavy (non-hydrogen) atoms. The number of carbonyl (C=O) groups excluding carboxylic acids is 1. The van der Waals surface area contributed by atoms with Gasteiger partial charge in [-0.1, -0.05) is 36.4 Å². The van der Waals surface area contributed by atoms with Crippen LogP contribution in [0.5, 0.6) is 5.75 Å². The summed E-state index contributed by atoms with van der Waals surface area (Å²) in [4.78, 5) is 12.4. The van der Waals surface area contributed by atoms with Crippen molar-refractivity contribution in [3.8, 4) is 5.75 Å². The molecular formula is C19H22N2O2. The molecule has 4 nitrogen and oxygen atoms in total. The summed E-state index contributed by atoms with van der Waals surface area (Å²) in [6.45, 7) is 3.86. The molecule has 1 unspecified atom stereocenters. The normalized spacial score (nSPS) is 16.5. The number of ether oxygens (including phenoxy) is 1. The molecule has 1 aliphatic rings. The molecule has 0 saturated heterocycles. The highest BCUT2D eigenvalue weighted by molar-refractivity contribution is 5.82. The smallest absolute Gasteiger partial charge is 0.237 e. The van der Waals surface area contributed by atoms with Crippen molar-refractivity contribution in [1.82, 2.24) is 10.6 Å². The summed E-state index contributed by atoms with van der Waals surface area (Å²) < 4.78 is 5.48. The first-order chi connectivity index (χ1) is 11.3. The van der Waals surface area contributed by atoms with E-state index in [-0.39, 0.29) is 11.9 Å². The Bertz CT molecular complexity index is 685. The van der Waals surface area contributed by atoms with Gasteiger partial charge in [0.15, 0.2) is 0 Å². The van der Waals surface area contributed by atoms with Crippen LogP contribution >= 0.6 is 0 Å². The maximum Gasteiger partial charge on any atom is 0.237 e. The first-order valence-electron chi connectivity index (χ1n) is 8.06. The van der Waals surface area contributed by atoms with Crippen LogP contribution in [0.2, 0.25) is 0 Å². The van der Waals surface area contributed by atoms with Gasteiger partial charge in [0.25, 0.3) is 0 Å². The highest BCUT2D eigenvalue weighted by Crippen LogP contribution is 2.17. The Kier molecular flexibility index (Phi) is 4.93. The summed E-state index contributed by atoms with van der Waals surface area (Å²) in [5, 5.41) is 6.32. The Hall–Kier alpha value is -2.33. The zero-order valence-corrected chi connectivity index (χ0v) is 13.3. The molecule has 120 valence electrons. The lowest BCUT2D eigenvalue weighted by Gasteiger charge is -2.25. The fourth-order valence-electron chi connectivity index (χ4n) is 2.86. The van der Waals surface area contributed by atoms with Gasteiger partial charge >= 0.3 is 0 Å². The van der Waals surface area contributed by atoms with Crippen molar-refractivity contribution in [2.45, 2.75) is 32.5 Å². The number of amides is 1. The first kappa shape index (κ1) is 15.6.